The van der Waals surface area contributed by atoms with Crippen LogP contribution in [-0.4, -0.2) is 0 Å². The lowest BCUT2D eigenvalue weighted by Crippen LogP contribution is -2.24. The van der Waals surface area contributed by atoms with E-state index in [0.29, 0.717) is 6.07 Å². The van der Waals surface area contributed by atoms with Gasteiger partial charge in [-0.1, -0.05) is 0 Å². The molecule has 0 heterocycles. The molecule has 0 amide bonds. The van der Waals surface area contributed by atoms with Crippen LogP contribution in [0.4, 0.5) is 30.7 Å². The van der Waals surface area contributed by atoms with Crippen molar-refractivity contribution < 1.29 is 35.5 Å². The highest BCUT2D eigenvalue weighted by Crippen LogP contribution is 2.36. The number of alkyl halides is 2. The van der Waals surface area contributed by atoms with Crippen molar-refractivity contribution in [3.8, 4) is 5.75 Å². The molecule has 0 aliphatic rings. The number of benzene rings is 2. The molecule has 2 aromatic rings. The minimum absolute atomic E-state index is 0.152. The second-order valence-corrected chi connectivity index (χ2v) is 4.90. The lowest BCUT2D eigenvalue weighted by Gasteiger charge is -2.19. The normalized spacial score (nSPS) is 11.6. The van der Waals surface area contributed by atoms with E-state index in [2.05, 4.69) is 20.7 Å². The third kappa shape index (κ3) is 3.03. The van der Waals surface area contributed by atoms with Gasteiger partial charge in [0, 0.05) is 12.1 Å². The maximum absolute atomic E-state index is 13.8. The molecule has 118 valence electrons. The maximum atomic E-state index is 13.8. The summed E-state index contributed by atoms with van der Waals surface area (Å²) in [6.07, 6.45) is -4.44. The standard InChI is InChI=1S/C13H4BrF7O/c14-7-2-1-6(10(17)11(7)18)13(20,21)22-5-3-8(15)12(19)9(16)4-5/h1-4H. The molecule has 0 aromatic heterocycles. The van der Waals surface area contributed by atoms with Crippen molar-refractivity contribution in [1.82, 2.24) is 0 Å². The molecule has 0 atom stereocenters. The van der Waals surface area contributed by atoms with Crippen molar-refractivity contribution in [2.45, 2.75) is 6.11 Å². The molecule has 0 spiro atoms. The summed E-state index contributed by atoms with van der Waals surface area (Å²) in [5, 5.41) is 0. The Morgan fingerprint density at radius 2 is 1.36 bits per heavy atom. The van der Waals surface area contributed by atoms with Crippen molar-refractivity contribution >= 4 is 15.9 Å². The van der Waals surface area contributed by atoms with Crippen LogP contribution in [0.3, 0.4) is 0 Å². The minimum Gasteiger partial charge on any atom is -0.429 e. The van der Waals surface area contributed by atoms with Gasteiger partial charge in [0.2, 0.25) is 0 Å². The van der Waals surface area contributed by atoms with Gasteiger partial charge in [0.05, 0.1) is 4.47 Å². The Morgan fingerprint density at radius 1 is 0.818 bits per heavy atom. The molecule has 0 aliphatic heterocycles. The van der Waals surface area contributed by atoms with Gasteiger partial charge in [0.15, 0.2) is 29.1 Å². The fraction of sp³-hybridized carbons (Fsp3) is 0.0769. The molecule has 0 unspecified atom stereocenters. The summed E-state index contributed by atoms with van der Waals surface area (Å²) in [6.45, 7) is 0. The Hall–Kier alpha value is -1.77. The number of hydrogen-bond acceptors (Lipinski definition) is 1. The average molecular weight is 389 g/mol. The zero-order chi connectivity index (χ0) is 16.7. The summed E-state index contributed by atoms with van der Waals surface area (Å²) >= 11 is 2.60. The molecule has 0 saturated carbocycles. The van der Waals surface area contributed by atoms with Gasteiger partial charge in [-0.2, -0.15) is 8.78 Å². The van der Waals surface area contributed by atoms with Crippen LogP contribution in [-0.2, 0) is 6.11 Å². The van der Waals surface area contributed by atoms with Crippen LogP contribution in [0.25, 0.3) is 0 Å². The fourth-order valence-electron chi connectivity index (χ4n) is 1.54. The SMILES string of the molecule is Fc1cc(OC(F)(F)c2ccc(Br)c(F)c2F)cc(F)c1F. The number of hydrogen-bond donors (Lipinski definition) is 0. The molecule has 2 rings (SSSR count). The largest absolute Gasteiger partial charge is 0.429 e. The topological polar surface area (TPSA) is 9.23 Å². The first-order chi connectivity index (χ1) is 10.1. The molecule has 9 heteroatoms. The summed E-state index contributed by atoms with van der Waals surface area (Å²) in [6, 6.07) is 1.63. The fourth-order valence-corrected chi connectivity index (χ4v) is 1.85. The number of rotatable bonds is 3. The number of ether oxygens (including phenoxy) is 1. The smallest absolute Gasteiger partial charge is 0.429 e. The Balaban J connectivity index is 2.42. The van der Waals surface area contributed by atoms with Gasteiger partial charge >= 0.3 is 6.11 Å². The van der Waals surface area contributed by atoms with Crippen LogP contribution < -0.4 is 4.74 Å². The van der Waals surface area contributed by atoms with E-state index < -0.39 is 51.0 Å². The van der Waals surface area contributed by atoms with Gasteiger partial charge in [-0.15, -0.1) is 0 Å². The van der Waals surface area contributed by atoms with E-state index in [1.54, 1.807) is 0 Å². The summed E-state index contributed by atoms with van der Waals surface area (Å²) in [5.74, 6) is -10.00. The Bertz CT molecular complexity index is 710. The van der Waals surface area contributed by atoms with Crippen LogP contribution in [0.15, 0.2) is 28.7 Å². The first-order valence-corrected chi connectivity index (χ1v) is 6.28. The zero-order valence-corrected chi connectivity index (χ0v) is 11.8. The van der Waals surface area contributed by atoms with E-state index in [9.17, 15) is 30.7 Å². The second kappa shape index (κ2) is 5.79. The summed E-state index contributed by atoms with van der Waals surface area (Å²) < 4.78 is 96.5. The highest BCUT2D eigenvalue weighted by molar-refractivity contribution is 9.10. The van der Waals surface area contributed by atoms with Gasteiger partial charge in [-0.3, -0.25) is 0 Å². The molecular weight excluding hydrogens is 385 g/mol. The molecule has 1 nitrogen and oxygen atoms in total. The molecule has 0 saturated heterocycles. The lowest BCUT2D eigenvalue weighted by atomic mass is 10.2. The van der Waals surface area contributed by atoms with E-state index in [1.807, 2.05) is 0 Å². The lowest BCUT2D eigenvalue weighted by molar-refractivity contribution is -0.188. The van der Waals surface area contributed by atoms with Crippen LogP contribution in [0, 0.1) is 29.1 Å². The third-order valence-corrected chi connectivity index (χ3v) is 3.16. The van der Waals surface area contributed by atoms with E-state index in [1.165, 1.54) is 0 Å². The van der Waals surface area contributed by atoms with Gasteiger partial charge in [0.25, 0.3) is 0 Å². The van der Waals surface area contributed by atoms with Crippen LogP contribution >= 0.6 is 15.9 Å². The molecular formula is C13H4BrF7O. The highest BCUT2D eigenvalue weighted by Gasteiger charge is 2.39. The Kier molecular flexibility index (Phi) is 4.37. The van der Waals surface area contributed by atoms with Crippen LogP contribution in [0.2, 0.25) is 0 Å². The first kappa shape index (κ1) is 16.6. The Labute approximate surface area is 127 Å². The van der Waals surface area contributed by atoms with Crippen LogP contribution in [0.5, 0.6) is 5.75 Å². The molecule has 0 N–H and O–H groups in total. The maximum Gasteiger partial charge on any atom is 0.429 e. The van der Waals surface area contributed by atoms with E-state index in [4.69, 9.17) is 0 Å². The second-order valence-electron chi connectivity index (χ2n) is 4.04. The van der Waals surface area contributed by atoms with Gasteiger partial charge < -0.3 is 4.74 Å². The average Bonchev–Trinajstić information content (AvgIpc) is 2.41. The minimum atomic E-state index is -4.44. The zero-order valence-electron chi connectivity index (χ0n) is 10.2. The van der Waals surface area contributed by atoms with Crippen molar-refractivity contribution in [1.29, 1.82) is 0 Å². The van der Waals surface area contributed by atoms with E-state index in [-0.39, 0.29) is 12.1 Å². The first-order valence-electron chi connectivity index (χ1n) is 5.49. The quantitative estimate of drug-likeness (QED) is 0.513. The molecule has 0 aliphatic carbocycles. The summed E-state index contributed by atoms with van der Waals surface area (Å²) in [5.41, 5.74) is -1.49. The summed E-state index contributed by atoms with van der Waals surface area (Å²) in [7, 11) is 0. The van der Waals surface area contributed by atoms with Crippen LogP contribution in [0.1, 0.15) is 5.56 Å². The molecule has 22 heavy (non-hydrogen) atoms. The van der Waals surface area contributed by atoms with Crippen molar-refractivity contribution in [2.24, 2.45) is 0 Å². The summed E-state index contributed by atoms with van der Waals surface area (Å²) in [4.78, 5) is 0. The Morgan fingerprint density at radius 3 is 1.91 bits per heavy atom. The van der Waals surface area contributed by atoms with Crippen molar-refractivity contribution in [3.05, 3.63) is 63.4 Å². The monoisotopic (exact) mass is 388 g/mol. The highest BCUT2D eigenvalue weighted by atomic mass is 79.9. The van der Waals surface area contributed by atoms with Crippen molar-refractivity contribution in [2.75, 3.05) is 0 Å². The van der Waals surface area contributed by atoms with Gasteiger partial charge in [-0.05, 0) is 28.1 Å². The molecule has 0 fully saturated rings. The van der Waals surface area contributed by atoms with Gasteiger partial charge in [-0.25, -0.2) is 22.0 Å². The van der Waals surface area contributed by atoms with E-state index in [0.717, 1.165) is 6.07 Å². The molecule has 0 bridgehead atoms. The van der Waals surface area contributed by atoms with Gasteiger partial charge in [0.1, 0.15) is 11.3 Å². The molecule has 2 aromatic carbocycles. The molecule has 0 radical (unpaired) electrons. The number of halogens is 8. The van der Waals surface area contributed by atoms with Crippen molar-refractivity contribution in [3.63, 3.8) is 0 Å². The predicted molar refractivity (Wildman–Crippen MR) is 64.9 cm³/mol. The van der Waals surface area contributed by atoms with E-state index >= 15 is 0 Å². The third-order valence-electron chi connectivity index (χ3n) is 2.55. The predicted octanol–water partition coefficient (Wildman–Crippen LogP) is 5.27.